The molecule has 0 saturated carbocycles. The van der Waals surface area contributed by atoms with Gasteiger partial charge < -0.3 is 25.7 Å². The molecule has 5 nitrogen and oxygen atoms in total. The molecule has 6 N–H and O–H groups in total. The van der Waals surface area contributed by atoms with Crippen molar-refractivity contribution in [3.8, 4) is 0 Å². The van der Waals surface area contributed by atoms with Crippen LogP contribution in [0.5, 0.6) is 0 Å². The Morgan fingerprint density at radius 1 is 0.523 bits per heavy atom. The zero-order chi connectivity index (χ0) is 31.3. The number of hydrogen-bond acceptors (Lipinski definition) is 1. The Kier molecular flexibility index (Phi) is 7.93. The highest BCUT2D eigenvalue weighted by molar-refractivity contribution is 5.81. The molecule has 44 heavy (non-hydrogen) atoms. The summed E-state index contributed by atoms with van der Waals surface area (Å²) in [5, 5.41) is 4.68. The highest BCUT2D eigenvalue weighted by atomic mass is 14.8. The maximum Gasteiger partial charge on any atom is 0.0518 e. The molecule has 0 fully saturated rings. The normalized spacial score (nSPS) is 12.7. The number of hydrogen-bond donors (Lipinski definition) is 5. The van der Waals surface area contributed by atoms with Crippen LogP contribution in [0.15, 0.2) is 24.3 Å². The molecule has 5 aromatic rings. The highest BCUT2D eigenvalue weighted by Crippen LogP contribution is 2.29. The van der Waals surface area contributed by atoms with Gasteiger partial charge in [0.1, 0.15) is 0 Å². The second-order valence-corrected chi connectivity index (χ2v) is 12.3. The standard InChI is InChI=1S/C39H47N5/c1-9-27-21(5)31-17-35-29(11-3)23(7)38(43-35)37(26-15-13-25(20-40)14-16-26)39-24(8)30(12-4)36(44-39)18-32-22(6)28(10-2)34(42-32)19-33(27)41-31/h13-19,41-44H,9-12,20,40H2,1-8H3. The van der Waals surface area contributed by atoms with Gasteiger partial charge in [-0.25, -0.2) is 0 Å². The Balaban J connectivity index is 1.84. The first kappa shape index (κ1) is 29.8. The monoisotopic (exact) mass is 585 g/mol. The van der Waals surface area contributed by atoms with Crippen molar-refractivity contribution in [3.05, 3.63) is 124 Å². The summed E-state index contributed by atoms with van der Waals surface area (Å²) in [6, 6.07) is 8.75. The number of aromatic nitrogens is 4. The summed E-state index contributed by atoms with van der Waals surface area (Å²) < 4.78 is 0. The Morgan fingerprint density at radius 3 is 1.70 bits per heavy atom. The van der Waals surface area contributed by atoms with E-state index in [1.807, 2.05) is 0 Å². The second-order valence-electron chi connectivity index (χ2n) is 12.3. The molecule has 1 aliphatic rings. The van der Waals surface area contributed by atoms with Crippen LogP contribution in [-0.4, -0.2) is 19.9 Å². The molecule has 228 valence electrons. The summed E-state index contributed by atoms with van der Waals surface area (Å²) in [5.74, 6) is 0. The van der Waals surface area contributed by atoms with Crippen LogP contribution in [0, 0.1) is 27.7 Å². The minimum absolute atomic E-state index is 0.531. The number of fused-ring (bicyclic) bond motifs is 8. The van der Waals surface area contributed by atoms with Crippen molar-refractivity contribution in [3.63, 3.8) is 0 Å². The van der Waals surface area contributed by atoms with E-state index in [2.05, 4.69) is 118 Å². The molecule has 0 radical (unpaired) electrons. The van der Waals surface area contributed by atoms with Gasteiger partial charge in [0.2, 0.25) is 0 Å². The van der Waals surface area contributed by atoms with Crippen LogP contribution in [0.1, 0.15) is 106 Å². The summed E-state index contributed by atoms with van der Waals surface area (Å²) in [4.78, 5) is 15.5. The van der Waals surface area contributed by atoms with E-state index < -0.39 is 0 Å². The molecule has 1 aliphatic heterocycles. The van der Waals surface area contributed by atoms with Crippen LogP contribution < -0.4 is 27.1 Å². The Bertz CT molecular complexity index is 2120. The molecular weight excluding hydrogens is 538 g/mol. The quantitative estimate of drug-likeness (QED) is 0.187. The molecule has 5 heteroatoms. The molecular formula is C39H47N5. The van der Waals surface area contributed by atoms with Crippen molar-refractivity contribution in [2.24, 2.45) is 5.73 Å². The van der Waals surface area contributed by atoms with Crippen LogP contribution in [0.25, 0.3) is 23.8 Å². The largest absolute Gasteiger partial charge is 0.355 e. The molecule has 0 spiro atoms. The van der Waals surface area contributed by atoms with Gasteiger partial charge in [-0.3, -0.25) is 0 Å². The molecule has 4 aromatic heterocycles. The summed E-state index contributed by atoms with van der Waals surface area (Å²) in [7, 11) is 0. The van der Waals surface area contributed by atoms with Crippen molar-refractivity contribution >= 4 is 23.8 Å². The topological polar surface area (TPSA) is 89.2 Å². The summed E-state index contributed by atoms with van der Waals surface area (Å²) in [5.41, 5.74) is 24.8. The van der Waals surface area contributed by atoms with Gasteiger partial charge in [0, 0.05) is 45.2 Å². The minimum atomic E-state index is 0.531. The SMILES string of the molecule is CCc1c2[nH]c(c1C)C=c1[nH]c(c(C)c1CC)=C(c1ccc(CN)cc1)c1[nH]c(c(CC)c1C)C=c1[nH]c(c(CC)c1C)=C2. The molecule has 5 heterocycles. The first-order valence-corrected chi connectivity index (χ1v) is 16.3. The van der Waals surface area contributed by atoms with Crippen molar-refractivity contribution in [2.75, 3.05) is 0 Å². The van der Waals surface area contributed by atoms with Gasteiger partial charge in [0.05, 0.1) is 11.0 Å². The lowest BCUT2D eigenvalue weighted by molar-refractivity contribution is 1.07. The van der Waals surface area contributed by atoms with E-state index in [0.717, 1.165) is 53.3 Å². The smallest absolute Gasteiger partial charge is 0.0518 e. The van der Waals surface area contributed by atoms with E-state index in [1.54, 1.807) is 0 Å². The molecule has 1 aromatic carbocycles. The van der Waals surface area contributed by atoms with E-state index in [9.17, 15) is 0 Å². The predicted octanol–water partition coefficient (Wildman–Crippen LogP) is 4.99. The summed E-state index contributed by atoms with van der Waals surface area (Å²) in [6.07, 6.45) is 10.8. The number of H-pyrrole nitrogens is 4. The Hall–Kier alpha value is -4.22. The van der Waals surface area contributed by atoms with Crippen molar-refractivity contribution in [2.45, 2.75) is 87.6 Å². The van der Waals surface area contributed by atoms with Crippen molar-refractivity contribution in [1.82, 2.24) is 19.9 Å². The van der Waals surface area contributed by atoms with Gasteiger partial charge in [0.25, 0.3) is 0 Å². The summed E-state index contributed by atoms with van der Waals surface area (Å²) >= 11 is 0. The lowest BCUT2D eigenvalue weighted by Crippen LogP contribution is -2.17. The van der Waals surface area contributed by atoms with Crippen molar-refractivity contribution < 1.29 is 0 Å². The fourth-order valence-corrected chi connectivity index (χ4v) is 7.43. The molecule has 0 unspecified atom stereocenters. The first-order chi connectivity index (χ1) is 21.2. The van der Waals surface area contributed by atoms with Gasteiger partial charge in [-0.15, -0.1) is 0 Å². The lowest BCUT2D eigenvalue weighted by atomic mass is 9.95. The fraction of sp³-hybridized carbons (Fsp3) is 0.333. The van der Waals surface area contributed by atoms with Gasteiger partial charge in [-0.05, 0) is 127 Å². The second kappa shape index (κ2) is 11.7. The molecule has 0 aliphatic carbocycles. The molecule has 8 bridgehead atoms. The summed E-state index contributed by atoms with van der Waals surface area (Å²) in [6.45, 7) is 18.6. The molecule has 0 atom stereocenters. The van der Waals surface area contributed by atoms with Gasteiger partial charge in [0.15, 0.2) is 0 Å². The van der Waals surface area contributed by atoms with E-state index in [4.69, 9.17) is 5.73 Å². The zero-order valence-electron chi connectivity index (χ0n) is 27.7. The van der Waals surface area contributed by atoms with Gasteiger partial charge in [-0.1, -0.05) is 52.0 Å². The Labute approximate surface area is 260 Å². The van der Waals surface area contributed by atoms with Crippen LogP contribution in [0.2, 0.25) is 0 Å². The van der Waals surface area contributed by atoms with Gasteiger partial charge >= 0.3 is 0 Å². The third-order valence-electron chi connectivity index (χ3n) is 9.99. The van der Waals surface area contributed by atoms with E-state index in [-0.39, 0.29) is 0 Å². The Morgan fingerprint density at radius 2 is 1.07 bits per heavy atom. The number of benzene rings is 1. The zero-order valence-corrected chi connectivity index (χ0v) is 27.7. The predicted molar refractivity (Wildman–Crippen MR) is 185 cm³/mol. The maximum absolute atomic E-state index is 6.00. The number of rotatable bonds is 6. The molecule has 6 rings (SSSR count). The molecule has 0 amide bonds. The number of nitrogens with two attached hydrogens (primary N) is 1. The average Bonchev–Trinajstić information content (AvgIpc) is 3.70. The van der Waals surface area contributed by atoms with Crippen LogP contribution in [0.4, 0.5) is 0 Å². The van der Waals surface area contributed by atoms with Crippen molar-refractivity contribution in [1.29, 1.82) is 0 Å². The minimum Gasteiger partial charge on any atom is -0.355 e. The van der Waals surface area contributed by atoms with Crippen LogP contribution in [-0.2, 0) is 32.2 Å². The maximum atomic E-state index is 6.00. The molecule has 0 saturated heterocycles. The fourth-order valence-electron chi connectivity index (χ4n) is 7.43. The van der Waals surface area contributed by atoms with Gasteiger partial charge in [-0.2, -0.15) is 0 Å². The highest BCUT2D eigenvalue weighted by Gasteiger charge is 2.20. The lowest BCUT2D eigenvalue weighted by Gasteiger charge is -2.10. The third-order valence-corrected chi connectivity index (χ3v) is 9.99. The third kappa shape index (κ3) is 4.75. The van der Waals surface area contributed by atoms with E-state index >= 15 is 0 Å². The van der Waals surface area contributed by atoms with E-state index in [1.165, 1.54) is 77.7 Å². The first-order valence-electron chi connectivity index (χ1n) is 16.3. The van der Waals surface area contributed by atoms with Crippen LogP contribution >= 0.6 is 0 Å². The average molecular weight is 586 g/mol. The van der Waals surface area contributed by atoms with Crippen LogP contribution in [0.3, 0.4) is 0 Å². The van der Waals surface area contributed by atoms with E-state index in [0.29, 0.717) is 6.54 Å². The number of nitrogens with one attached hydrogen (secondary N) is 4. The number of aromatic amines is 4.